The van der Waals surface area contributed by atoms with Gasteiger partial charge in [0.1, 0.15) is 12.4 Å². The van der Waals surface area contributed by atoms with Gasteiger partial charge in [-0.15, -0.1) is 0 Å². The van der Waals surface area contributed by atoms with E-state index in [1.165, 1.54) is 24.3 Å². The van der Waals surface area contributed by atoms with E-state index in [4.69, 9.17) is 21.5 Å². The fraction of sp³-hybridized carbons (Fsp3) is 0.0714. The van der Waals surface area contributed by atoms with E-state index in [9.17, 15) is 17.6 Å². The molecule has 0 heterocycles. The Bertz CT molecular complexity index is 873. The predicted octanol–water partition coefficient (Wildman–Crippen LogP) is 3.25. The molecule has 0 radical (unpaired) electrons. The zero-order valence-corrected chi connectivity index (χ0v) is 14.6. The second kappa shape index (κ2) is 6.96. The quantitative estimate of drug-likeness (QED) is 0.766. The molecule has 0 bridgehead atoms. The largest absolute Gasteiger partial charge is 0.457 e. The molecule has 9 heteroatoms. The topological polar surface area (TPSA) is 86.5 Å². The number of hydrogen-bond donors (Lipinski definition) is 1. The lowest BCUT2D eigenvalue weighted by Crippen LogP contribution is -2.14. The third-order valence-electron chi connectivity index (χ3n) is 2.86. The summed E-state index contributed by atoms with van der Waals surface area (Å²) in [6.07, 6.45) is 0. The van der Waals surface area contributed by atoms with E-state index >= 15 is 0 Å². The van der Waals surface area contributed by atoms with Gasteiger partial charge in [-0.1, -0.05) is 17.7 Å². The summed E-state index contributed by atoms with van der Waals surface area (Å²) < 4.78 is 41.0. The van der Waals surface area contributed by atoms with Gasteiger partial charge in [0.05, 0.1) is 15.5 Å². The SMILES string of the molecule is NS(=O)(=O)c1ccc(Br)c(C(=O)OCc2ccc(F)cc2Cl)c1. The number of primary sulfonamides is 1. The molecule has 2 aromatic rings. The number of hydrogen-bond acceptors (Lipinski definition) is 4. The number of rotatable bonds is 4. The van der Waals surface area contributed by atoms with E-state index in [-0.39, 0.29) is 22.1 Å². The van der Waals surface area contributed by atoms with Gasteiger partial charge in [-0.05, 0) is 46.3 Å². The molecule has 0 spiro atoms. The highest BCUT2D eigenvalue weighted by molar-refractivity contribution is 9.10. The van der Waals surface area contributed by atoms with Gasteiger partial charge in [-0.2, -0.15) is 0 Å². The average Bonchev–Trinajstić information content (AvgIpc) is 2.45. The molecule has 0 aromatic heterocycles. The van der Waals surface area contributed by atoms with Crippen LogP contribution < -0.4 is 5.14 Å². The van der Waals surface area contributed by atoms with Crippen molar-refractivity contribution in [2.75, 3.05) is 0 Å². The first-order valence-corrected chi connectivity index (χ1v) is 8.83. The molecule has 0 unspecified atom stereocenters. The third-order valence-corrected chi connectivity index (χ3v) is 4.81. The van der Waals surface area contributed by atoms with Crippen LogP contribution in [0.5, 0.6) is 0 Å². The van der Waals surface area contributed by atoms with Crippen LogP contribution in [0.3, 0.4) is 0 Å². The van der Waals surface area contributed by atoms with Crippen LogP contribution in [0.15, 0.2) is 45.8 Å². The van der Waals surface area contributed by atoms with Gasteiger partial charge in [-0.3, -0.25) is 0 Å². The molecule has 0 saturated heterocycles. The van der Waals surface area contributed by atoms with Gasteiger partial charge in [0.2, 0.25) is 10.0 Å². The van der Waals surface area contributed by atoms with E-state index < -0.39 is 21.8 Å². The molecule has 23 heavy (non-hydrogen) atoms. The van der Waals surface area contributed by atoms with Crippen molar-refractivity contribution in [3.63, 3.8) is 0 Å². The highest BCUT2D eigenvalue weighted by Crippen LogP contribution is 2.23. The zero-order chi connectivity index (χ0) is 17.2. The lowest BCUT2D eigenvalue weighted by molar-refractivity contribution is 0.0471. The Morgan fingerprint density at radius 3 is 2.57 bits per heavy atom. The van der Waals surface area contributed by atoms with Crippen molar-refractivity contribution < 1.29 is 22.3 Å². The monoisotopic (exact) mass is 421 g/mol. The maximum atomic E-state index is 13.0. The number of esters is 1. The molecule has 0 aliphatic heterocycles. The Morgan fingerprint density at radius 1 is 1.26 bits per heavy atom. The summed E-state index contributed by atoms with van der Waals surface area (Å²) in [6, 6.07) is 7.41. The molecule has 0 fully saturated rings. The molecule has 5 nitrogen and oxygen atoms in total. The normalized spacial score (nSPS) is 11.3. The molecule has 0 saturated carbocycles. The van der Waals surface area contributed by atoms with Crippen molar-refractivity contribution in [3.8, 4) is 0 Å². The van der Waals surface area contributed by atoms with Gasteiger partial charge in [0.25, 0.3) is 0 Å². The molecule has 122 valence electrons. The van der Waals surface area contributed by atoms with E-state index in [1.54, 1.807) is 0 Å². The summed E-state index contributed by atoms with van der Waals surface area (Å²) in [5.74, 6) is -1.28. The van der Waals surface area contributed by atoms with Crippen LogP contribution in [0, 0.1) is 5.82 Å². The maximum Gasteiger partial charge on any atom is 0.339 e. The molecule has 0 aliphatic rings. The molecule has 2 aromatic carbocycles. The van der Waals surface area contributed by atoms with Gasteiger partial charge in [0, 0.05) is 10.0 Å². The summed E-state index contributed by atoms with van der Waals surface area (Å²) in [5, 5.41) is 5.15. The number of carbonyl (C=O) groups excluding carboxylic acids is 1. The van der Waals surface area contributed by atoms with Crippen LogP contribution in [0.1, 0.15) is 15.9 Å². The summed E-state index contributed by atoms with van der Waals surface area (Å²) >= 11 is 8.97. The van der Waals surface area contributed by atoms with Crippen molar-refractivity contribution in [2.45, 2.75) is 11.5 Å². The Morgan fingerprint density at radius 2 is 1.96 bits per heavy atom. The Balaban J connectivity index is 2.21. The maximum absolute atomic E-state index is 13.0. The van der Waals surface area contributed by atoms with Crippen LogP contribution in [-0.4, -0.2) is 14.4 Å². The minimum absolute atomic E-state index is 0.00485. The molecule has 0 atom stereocenters. The van der Waals surface area contributed by atoms with Crippen molar-refractivity contribution >= 4 is 43.5 Å². The van der Waals surface area contributed by atoms with Crippen molar-refractivity contribution in [1.29, 1.82) is 0 Å². The van der Waals surface area contributed by atoms with Crippen LogP contribution in [-0.2, 0) is 21.4 Å². The number of nitrogens with two attached hydrogens (primary N) is 1. The molecule has 0 aliphatic carbocycles. The molecular formula is C14H10BrClFNO4S. The van der Waals surface area contributed by atoms with Gasteiger partial charge >= 0.3 is 5.97 Å². The second-order valence-corrected chi connectivity index (χ2v) is 7.32. The van der Waals surface area contributed by atoms with E-state index in [0.717, 1.165) is 12.1 Å². The zero-order valence-electron chi connectivity index (χ0n) is 11.4. The predicted molar refractivity (Wildman–Crippen MR) is 86.0 cm³/mol. The molecule has 2 N–H and O–H groups in total. The Labute approximate surface area is 145 Å². The summed E-state index contributed by atoms with van der Waals surface area (Å²) in [4.78, 5) is 11.9. The lowest BCUT2D eigenvalue weighted by atomic mass is 10.2. The fourth-order valence-corrected chi connectivity index (χ4v) is 2.87. The van der Waals surface area contributed by atoms with Crippen molar-refractivity contribution in [2.24, 2.45) is 5.14 Å². The van der Waals surface area contributed by atoms with Gasteiger partial charge < -0.3 is 4.74 Å². The highest BCUT2D eigenvalue weighted by Gasteiger charge is 2.17. The van der Waals surface area contributed by atoms with Crippen LogP contribution in [0.4, 0.5) is 4.39 Å². The standard InChI is InChI=1S/C14H10BrClFNO4S/c15-12-4-3-10(23(18,20)21)6-11(12)14(19)22-7-8-1-2-9(17)5-13(8)16/h1-6H,7H2,(H2,18,20,21). The van der Waals surface area contributed by atoms with Gasteiger partial charge in [0.15, 0.2) is 0 Å². The number of sulfonamides is 1. The number of ether oxygens (including phenoxy) is 1. The smallest absolute Gasteiger partial charge is 0.339 e. The average molecular weight is 423 g/mol. The van der Waals surface area contributed by atoms with Crippen LogP contribution in [0.2, 0.25) is 5.02 Å². The third kappa shape index (κ3) is 4.51. The summed E-state index contributed by atoms with van der Waals surface area (Å²) in [7, 11) is -3.95. The first kappa shape index (κ1) is 17.9. The van der Waals surface area contributed by atoms with Crippen molar-refractivity contribution in [3.05, 3.63) is 62.8 Å². The number of carbonyl (C=O) groups is 1. The Kier molecular flexibility index (Phi) is 5.41. The lowest BCUT2D eigenvalue weighted by Gasteiger charge is -2.09. The van der Waals surface area contributed by atoms with Crippen LogP contribution >= 0.6 is 27.5 Å². The van der Waals surface area contributed by atoms with Crippen LogP contribution in [0.25, 0.3) is 0 Å². The molecule has 2 rings (SSSR count). The van der Waals surface area contributed by atoms with E-state index in [1.807, 2.05) is 0 Å². The first-order valence-electron chi connectivity index (χ1n) is 6.12. The fourth-order valence-electron chi connectivity index (χ4n) is 1.70. The minimum Gasteiger partial charge on any atom is -0.457 e. The first-order chi connectivity index (χ1) is 10.7. The van der Waals surface area contributed by atoms with Gasteiger partial charge in [-0.25, -0.2) is 22.7 Å². The summed E-state index contributed by atoms with van der Waals surface area (Å²) in [6.45, 7) is -0.190. The van der Waals surface area contributed by atoms with E-state index in [0.29, 0.717) is 10.0 Å². The van der Waals surface area contributed by atoms with E-state index in [2.05, 4.69) is 15.9 Å². The summed E-state index contributed by atoms with van der Waals surface area (Å²) in [5.41, 5.74) is 0.412. The molecule has 0 amide bonds. The molecular weight excluding hydrogens is 413 g/mol. The number of benzene rings is 2. The van der Waals surface area contributed by atoms with Crippen molar-refractivity contribution in [1.82, 2.24) is 0 Å². The number of halogens is 3. The highest BCUT2D eigenvalue weighted by atomic mass is 79.9. The second-order valence-electron chi connectivity index (χ2n) is 4.50. The Hall–Kier alpha value is -1.48. The minimum atomic E-state index is -3.95.